The lowest BCUT2D eigenvalue weighted by molar-refractivity contribution is -0.131. The summed E-state index contributed by atoms with van der Waals surface area (Å²) >= 11 is 0. The summed E-state index contributed by atoms with van der Waals surface area (Å²) in [6.07, 6.45) is 2.62. The second-order valence-electron chi connectivity index (χ2n) is 6.92. The zero-order chi connectivity index (χ0) is 21.8. The number of phenols is 1. The van der Waals surface area contributed by atoms with Crippen molar-refractivity contribution in [2.24, 2.45) is 0 Å². The molecule has 0 aliphatic carbocycles. The van der Waals surface area contributed by atoms with Gasteiger partial charge in [-0.2, -0.15) is 0 Å². The molecule has 0 atom stereocenters. The van der Waals surface area contributed by atoms with Crippen LogP contribution >= 0.6 is 0 Å². The molecule has 2 N–H and O–H groups in total. The zero-order valence-electron chi connectivity index (χ0n) is 16.8. The molecule has 0 bridgehead atoms. The summed E-state index contributed by atoms with van der Waals surface area (Å²) in [5.41, 5.74) is 2.62. The fourth-order valence-corrected chi connectivity index (χ4v) is 3.33. The molecular formula is C26H20O5. The van der Waals surface area contributed by atoms with E-state index in [1.54, 1.807) is 43.5 Å². The van der Waals surface area contributed by atoms with Gasteiger partial charge in [-0.3, -0.25) is 0 Å². The summed E-state index contributed by atoms with van der Waals surface area (Å²) in [6.45, 7) is 0. The SMILES string of the molecule is COc1ccc(-c2ccc3cc(O)ccc3c2Oc2ccc(/C=C/C(=O)O)cc2)cc1. The van der Waals surface area contributed by atoms with Crippen LogP contribution in [-0.4, -0.2) is 23.3 Å². The molecule has 0 spiro atoms. The van der Waals surface area contributed by atoms with Crippen LogP contribution in [0, 0.1) is 0 Å². The van der Waals surface area contributed by atoms with Gasteiger partial charge < -0.3 is 19.7 Å². The fraction of sp³-hybridized carbons (Fsp3) is 0.0385. The standard InChI is InChI=1S/C26H20O5/c1-30-21-11-5-18(6-12-21)23-13-7-19-16-20(27)8-14-24(19)26(23)31-22-9-2-17(3-10-22)4-15-25(28)29/h2-16,27H,1H3,(H,28,29)/b15-4+. The number of carbonyl (C=O) groups is 1. The first kappa shape index (κ1) is 20.0. The highest BCUT2D eigenvalue weighted by molar-refractivity contribution is 5.96. The minimum Gasteiger partial charge on any atom is -0.508 e. The van der Waals surface area contributed by atoms with Gasteiger partial charge in [-0.1, -0.05) is 30.3 Å². The van der Waals surface area contributed by atoms with Crippen molar-refractivity contribution in [1.29, 1.82) is 0 Å². The molecular weight excluding hydrogens is 392 g/mol. The number of ether oxygens (including phenoxy) is 2. The summed E-state index contributed by atoms with van der Waals surface area (Å²) in [4.78, 5) is 10.7. The van der Waals surface area contributed by atoms with E-state index in [0.29, 0.717) is 11.5 Å². The van der Waals surface area contributed by atoms with Crippen LogP contribution < -0.4 is 9.47 Å². The highest BCUT2D eigenvalue weighted by atomic mass is 16.5. The summed E-state index contributed by atoms with van der Waals surface area (Å²) in [6, 6.07) is 23.9. The van der Waals surface area contributed by atoms with Crippen LogP contribution in [0.25, 0.3) is 28.0 Å². The van der Waals surface area contributed by atoms with Gasteiger partial charge in [0.1, 0.15) is 23.0 Å². The number of hydrogen-bond acceptors (Lipinski definition) is 4. The Morgan fingerprint density at radius 3 is 2.26 bits per heavy atom. The first-order valence-corrected chi connectivity index (χ1v) is 9.62. The number of aliphatic carboxylic acids is 1. The van der Waals surface area contributed by atoms with Gasteiger partial charge in [0.2, 0.25) is 0 Å². The third-order valence-corrected chi connectivity index (χ3v) is 4.87. The molecule has 4 aromatic rings. The Hall–Kier alpha value is -4.25. The predicted octanol–water partition coefficient (Wildman–Crippen LogP) is 6.11. The Kier molecular flexibility index (Phi) is 5.58. The van der Waals surface area contributed by atoms with E-state index in [4.69, 9.17) is 14.6 Å². The summed E-state index contributed by atoms with van der Waals surface area (Å²) in [5, 5.41) is 20.4. The van der Waals surface area contributed by atoms with Crippen molar-refractivity contribution in [2.45, 2.75) is 0 Å². The van der Waals surface area contributed by atoms with Gasteiger partial charge in [0.15, 0.2) is 0 Å². The third-order valence-electron chi connectivity index (χ3n) is 4.87. The summed E-state index contributed by atoms with van der Waals surface area (Å²) in [5.74, 6) is 1.23. The molecule has 31 heavy (non-hydrogen) atoms. The number of carboxylic acids is 1. The lowest BCUT2D eigenvalue weighted by Gasteiger charge is -2.15. The van der Waals surface area contributed by atoms with E-state index in [1.165, 1.54) is 6.08 Å². The lowest BCUT2D eigenvalue weighted by Crippen LogP contribution is -1.91. The Labute approximate surface area is 179 Å². The maximum atomic E-state index is 10.7. The van der Waals surface area contributed by atoms with E-state index >= 15 is 0 Å². The number of rotatable bonds is 6. The van der Waals surface area contributed by atoms with Crippen molar-refractivity contribution < 1.29 is 24.5 Å². The van der Waals surface area contributed by atoms with Crippen molar-refractivity contribution >= 4 is 22.8 Å². The molecule has 0 fully saturated rings. The van der Waals surface area contributed by atoms with Crippen LogP contribution in [0.5, 0.6) is 23.0 Å². The van der Waals surface area contributed by atoms with Gasteiger partial charge in [0.25, 0.3) is 0 Å². The maximum absolute atomic E-state index is 10.7. The van der Waals surface area contributed by atoms with Crippen molar-refractivity contribution in [3.8, 4) is 34.1 Å². The lowest BCUT2D eigenvalue weighted by atomic mass is 9.99. The second kappa shape index (κ2) is 8.63. The maximum Gasteiger partial charge on any atom is 0.328 e. The number of aromatic hydroxyl groups is 1. The number of phenolic OH excluding ortho intramolecular Hbond substituents is 1. The van der Waals surface area contributed by atoms with Crippen LogP contribution in [0.2, 0.25) is 0 Å². The molecule has 0 radical (unpaired) electrons. The van der Waals surface area contributed by atoms with Crippen molar-refractivity contribution in [3.63, 3.8) is 0 Å². The first-order valence-electron chi connectivity index (χ1n) is 9.62. The highest BCUT2D eigenvalue weighted by Crippen LogP contribution is 2.40. The quantitative estimate of drug-likeness (QED) is 0.374. The van der Waals surface area contributed by atoms with Crippen LogP contribution in [0.1, 0.15) is 5.56 Å². The van der Waals surface area contributed by atoms with Crippen LogP contribution in [0.4, 0.5) is 0 Å². The minimum atomic E-state index is -0.997. The summed E-state index contributed by atoms with van der Waals surface area (Å²) in [7, 11) is 1.63. The van der Waals surface area contributed by atoms with Crippen LogP contribution in [0.3, 0.4) is 0 Å². The molecule has 5 nitrogen and oxygen atoms in total. The second-order valence-corrected chi connectivity index (χ2v) is 6.92. The van der Waals surface area contributed by atoms with E-state index < -0.39 is 5.97 Å². The minimum absolute atomic E-state index is 0.185. The molecule has 0 heterocycles. The average molecular weight is 412 g/mol. The topological polar surface area (TPSA) is 76.0 Å². The number of carboxylic acid groups (broad SMARTS) is 1. The molecule has 0 saturated carbocycles. The molecule has 0 aliphatic rings. The first-order chi connectivity index (χ1) is 15.0. The molecule has 0 unspecified atom stereocenters. The van der Waals surface area contributed by atoms with Crippen molar-refractivity contribution in [1.82, 2.24) is 0 Å². The highest BCUT2D eigenvalue weighted by Gasteiger charge is 2.13. The van der Waals surface area contributed by atoms with E-state index in [1.807, 2.05) is 42.5 Å². The molecule has 5 heteroatoms. The van der Waals surface area contributed by atoms with Crippen molar-refractivity contribution in [3.05, 3.63) is 90.5 Å². The number of fused-ring (bicyclic) bond motifs is 1. The molecule has 0 aromatic heterocycles. The largest absolute Gasteiger partial charge is 0.508 e. The summed E-state index contributed by atoms with van der Waals surface area (Å²) < 4.78 is 11.6. The molecule has 0 aliphatic heterocycles. The van der Waals surface area contributed by atoms with Gasteiger partial charge in [-0.05, 0) is 71.1 Å². The van der Waals surface area contributed by atoms with E-state index in [2.05, 4.69) is 0 Å². The van der Waals surface area contributed by atoms with Gasteiger partial charge in [0.05, 0.1) is 7.11 Å². The van der Waals surface area contributed by atoms with E-state index in [-0.39, 0.29) is 5.75 Å². The van der Waals surface area contributed by atoms with Crippen LogP contribution in [0.15, 0.2) is 84.9 Å². The van der Waals surface area contributed by atoms with Crippen molar-refractivity contribution in [2.75, 3.05) is 7.11 Å². The van der Waals surface area contributed by atoms with Gasteiger partial charge in [-0.25, -0.2) is 4.79 Å². The molecule has 0 saturated heterocycles. The Morgan fingerprint density at radius 2 is 1.58 bits per heavy atom. The van der Waals surface area contributed by atoms with Gasteiger partial charge in [-0.15, -0.1) is 0 Å². The van der Waals surface area contributed by atoms with E-state index in [9.17, 15) is 9.90 Å². The number of methoxy groups -OCH3 is 1. The number of benzene rings is 4. The van der Waals surface area contributed by atoms with Gasteiger partial charge >= 0.3 is 5.97 Å². The molecule has 4 aromatic carbocycles. The average Bonchev–Trinajstić information content (AvgIpc) is 2.78. The number of hydrogen-bond donors (Lipinski definition) is 2. The Bertz CT molecular complexity index is 1260. The van der Waals surface area contributed by atoms with Crippen LogP contribution in [-0.2, 0) is 4.79 Å². The third kappa shape index (κ3) is 4.51. The fourth-order valence-electron chi connectivity index (χ4n) is 3.33. The monoisotopic (exact) mass is 412 g/mol. The Balaban J connectivity index is 1.77. The zero-order valence-corrected chi connectivity index (χ0v) is 16.8. The molecule has 0 amide bonds. The molecule has 4 rings (SSSR count). The molecule has 154 valence electrons. The van der Waals surface area contributed by atoms with Gasteiger partial charge in [0, 0.05) is 17.0 Å². The normalized spacial score (nSPS) is 11.0. The Morgan fingerprint density at radius 1 is 0.871 bits per heavy atom. The van der Waals surface area contributed by atoms with E-state index in [0.717, 1.165) is 39.3 Å². The predicted molar refractivity (Wildman–Crippen MR) is 121 cm³/mol. The smallest absolute Gasteiger partial charge is 0.328 e.